The van der Waals surface area contributed by atoms with Crippen LogP contribution in [0.25, 0.3) is 16.5 Å². The number of ether oxygens (including phenoxy) is 1. The minimum Gasteiger partial charge on any atom is -0.375 e. The number of nitrogens with one attached hydrogen (secondary N) is 2. The van der Waals surface area contributed by atoms with E-state index in [1.807, 2.05) is 49.5 Å². The third-order valence-electron chi connectivity index (χ3n) is 7.23. The molecule has 0 bridgehead atoms. The van der Waals surface area contributed by atoms with Gasteiger partial charge in [-0.15, -0.1) is 0 Å². The first-order chi connectivity index (χ1) is 19.5. The molecule has 7 nitrogen and oxygen atoms in total. The van der Waals surface area contributed by atoms with Gasteiger partial charge in [-0.1, -0.05) is 36.4 Å². The van der Waals surface area contributed by atoms with Crippen LogP contribution in [0, 0.1) is 6.92 Å². The molecule has 1 aliphatic heterocycles. The van der Waals surface area contributed by atoms with Gasteiger partial charge in [0.1, 0.15) is 12.6 Å². The van der Waals surface area contributed by atoms with E-state index in [0.29, 0.717) is 5.11 Å². The van der Waals surface area contributed by atoms with Gasteiger partial charge in [-0.2, -0.15) is 0 Å². The van der Waals surface area contributed by atoms with E-state index in [0.717, 1.165) is 34.0 Å². The molecule has 0 aliphatic carbocycles. The van der Waals surface area contributed by atoms with Crippen molar-refractivity contribution in [3.05, 3.63) is 120 Å². The second kappa shape index (κ2) is 10.9. The van der Waals surface area contributed by atoms with Gasteiger partial charge in [-0.05, 0) is 90.1 Å². The lowest BCUT2D eigenvalue weighted by molar-refractivity contribution is -0.119. The summed E-state index contributed by atoms with van der Waals surface area (Å²) in [5.41, 5.74) is 5.64. The lowest BCUT2D eigenvalue weighted by Crippen LogP contribution is -2.30. The number of amides is 1. The van der Waals surface area contributed by atoms with Crippen molar-refractivity contribution < 1.29 is 9.53 Å². The molecule has 40 heavy (non-hydrogen) atoms. The van der Waals surface area contributed by atoms with Crippen LogP contribution in [0.15, 0.2) is 103 Å². The Labute approximate surface area is 238 Å². The largest absolute Gasteiger partial charge is 0.375 e. The zero-order chi connectivity index (χ0) is 27.6. The van der Waals surface area contributed by atoms with Gasteiger partial charge in [0.25, 0.3) is 0 Å². The van der Waals surface area contributed by atoms with E-state index in [2.05, 4.69) is 80.9 Å². The van der Waals surface area contributed by atoms with Crippen molar-refractivity contribution >= 4 is 45.4 Å². The second-order valence-electron chi connectivity index (χ2n) is 9.81. The van der Waals surface area contributed by atoms with Crippen molar-refractivity contribution in [1.82, 2.24) is 14.9 Å². The van der Waals surface area contributed by atoms with Gasteiger partial charge in [0.15, 0.2) is 5.11 Å². The van der Waals surface area contributed by atoms with E-state index in [1.54, 1.807) is 0 Å². The molecule has 6 rings (SSSR count). The molecule has 2 aromatic heterocycles. The molecule has 2 N–H and O–H groups in total. The van der Waals surface area contributed by atoms with E-state index >= 15 is 0 Å². The van der Waals surface area contributed by atoms with Crippen LogP contribution in [0.4, 0.5) is 11.4 Å². The maximum atomic E-state index is 12.1. The number of aryl methyl sites for hydroxylation is 1. The average Bonchev–Trinajstić information content (AvgIpc) is 3.59. The Bertz CT molecular complexity index is 1700. The highest BCUT2D eigenvalue weighted by atomic mass is 32.1. The molecule has 8 heteroatoms. The number of nitrogens with zero attached hydrogens (tertiary/aromatic N) is 3. The topological polar surface area (TPSA) is 71.4 Å². The smallest absolute Gasteiger partial charge is 0.250 e. The molecule has 200 valence electrons. The van der Waals surface area contributed by atoms with Crippen LogP contribution in [0.5, 0.6) is 0 Å². The van der Waals surface area contributed by atoms with Crippen molar-refractivity contribution in [3.8, 4) is 5.69 Å². The summed E-state index contributed by atoms with van der Waals surface area (Å²) in [7, 11) is 1.50. The Kier molecular flexibility index (Phi) is 7.02. The standard InChI is InChI=1S/C32H29N5O2S/c1-21-18-25(14-15-26(21)34-29(38)20-39-2)37-31(30(35-32(37)40)27-10-5-6-16-33-27)28-11-7-17-36(28)24-13-12-22-8-3-4-9-23(22)19-24/h3-19,30-31H,20H2,1-2H3,(H,34,38)(H,35,40)/t30-,31-/m1/s1. The Balaban J connectivity index is 1.44. The van der Waals surface area contributed by atoms with Gasteiger partial charge >= 0.3 is 0 Å². The number of fused-ring (bicyclic) bond motifs is 1. The highest BCUT2D eigenvalue weighted by molar-refractivity contribution is 7.80. The first-order valence-corrected chi connectivity index (χ1v) is 13.5. The third kappa shape index (κ3) is 4.83. The lowest BCUT2D eigenvalue weighted by Gasteiger charge is -2.29. The van der Waals surface area contributed by atoms with Crippen molar-refractivity contribution in [2.75, 3.05) is 23.9 Å². The fraction of sp³-hybridized carbons (Fsp3) is 0.156. The zero-order valence-corrected chi connectivity index (χ0v) is 23.1. The highest BCUT2D eigenvalue weighted by Gasteiger charge is 2.42. The van der Waals surface area contributed by atoms with Gasteiger partial charge in [-0.25, -0.2) is 0 Å². The predicted octanol–water partition coefficient (Wildman–Crippen LogP) is 6.10. The van der Waals surface area contributed by atoms with Crippen LogP contribution in [0.2, 0.25) is 0 Å². The van der Waals surface area contributed by atoms with Crippen molar-refractivity contribution in [2.24, 2.45) is 0 Å². The number of rotatable bonds is 7. The third-order valence-corrected chi connectivity index (χ3v) is 7.54. The second-order valence-corrected chi connectivity index (χ2v) is 10.2. The molecule has 0 unspecified atom stereocenters. The molecule has 1 fully saturated rings. The van der Waals surface area contributed by atoms with Gasteiger partial charge in [0, 0.05) is 42.3 Å². The Morgan fingerprint density at radius 3 is 2.55 bits per heavy atom. The molecule has 3 aromatic carbocycles. The molecule has 3 heterocycles. The molecule has 0 saturated carbocycles. The molecule has 2 atom stereocenters. The molecule has 0 radical (unpaired) electrons. The summed E-state index contributed by atoms with van der Waals surface area (Å²) in [6, 6.07) is 30.6. The molecule has 1 amide bonds. The van der Waals surface area contributed by atoms with Crippen LogP contribution in [-0.2, 0) is 9.53 Å². The number of carbonyl (C=O) groups is 1. The van der Waals surface area contributed by atoms with E-state index in [-0.39, 0.29) is 24.6 Å². The first-order valence-electron chi connectivity index (χ1n) is 13.1. The number of thiocarbonyl (C=S) groups is 1. The summed E-state index contributed by atoms with van der Waals surface area (Å²) in [5, 5.41) is 9.45. The number of hydrogen-bond donors (Lipinski definition) is 2. The summed E-state index contributed by atoms with van der Waals surface area (Å²) < 4.78 is 7.19. The average molecular weight is 548 g/mol. The maximum absolute atomic E-state index is 12.1. The van der Waals surface area contributed by atoms with Crippen molar-refractivity contribution in [2.45, 2.75) is 19.0 Å². The number of anilines is 2. The highest BCUT2D eigenvalue weighted by Crippen LogP contribution is 2.43. The van der Waals surface area contributed by atoms with Crippen molar-refractivity contribution in [3.63, 3.8) is 0 Å². The molecule has 5 aromatic rings. The summed E-state index contributed by atoms with van der Waals surface area (Å²) in [5.74, 6) is -0.196. The fourth-order valence-electron chi connectivity index (χ4n) is 5.39. The monoisotopic (exact) mass is 547 g/mol. The number of aromatic nitrogens is 2. The SMILES string of the molecule is COCC(=O)Nc1ccc(N2C(=S)N[C@H](c3ccccn3)[C@H]2c2cccn2-c2ccc3ccccc3c2)cc1C. The summed E-state index contributed by atoms with van der Waals surface area (Å²) in [4.78, 5) is 19.0. The molecule has 1 saturated heterocycles. The quantitative estimate of drug-likeness (QED) is 0.240. The summed E-state index contributed by atoms with van der Waals surface area (Å²) in [6.07, 6.45) is 3.90. The molecule has 1 aliphatic rings. The minimum atomic E-state index is -0.196. The lowest BCUT2D eigenvalue weighted by atomic mass is 10.00. The number of carbonyl (C=O) groups excluding carboxylic acids is 1. The Morgan fingerprint density at radius 1 is 0.975 bits per heavy atom. The Morgan fingerprint density at radius 2 is 1.77 bits per heavy atom. The van der Waals surface area contributed by atoms with E-state index in [9.17, 15) is 4.79 Å². The van der Waals surface area contributed by atoms with Crippen LogP contribution >= 0.6 is 12.2 Å². The van der Waals surface area contributed by atoms with Gasteiger partial charge in [0.05, 0.1) is 11.7 Å². The van der Waals surface area contributed by atoms with Crippen LogP contribution in [0.1, 0.15) is 29.0 Å². The summed E-state index contributed by atoms with van der Waals surface area (Å²) in [6.45, 7) is 1.97. The van der Waals surface area contributed by atoms with E-state index < -0.39 is 0 Å². The van der Waals surface area contributed by atoms with E-state index in [1.165, 1.54) is 17.9 Å². The van der Waals surface area contributed by atoms with Gasteiger partial charge < -0.3 is 24.8 Å². The molecular weight excluding hydrogens is 518 g/mol. The normalized spacial score (nSPS) is 16.8. The van der Waals surface area contributed by atoms with Gasteiger partial charge in [0.2, 0.25) is 5.91 Å². The van der Waals surface area contributed by atoms with Crippen molar-refractivity contribution in [1.29, 1.82) is 0 Å². The molecule has 0 spiro atoms. The van der Waals surface area contributed by atoms with E-state index in [4.69, 9.17) is 21.9 Å². The number of hydrogen-bond acceptors (Lipinski definition) is 4. The Hall–Kier alpha value is -4.53. The molecular formula is C32H29N5O2S. The summed E-state index contributed by atoms with van der Waals surface area (Å²) >= 11 is 5.95. The first kappa shape index (κ1) is 25.7. The fourth-order valence-corrected chi connectivity index (χ4v) is 5.73. The van der Waals surface area contributed by atoms with Crippen LogP contribution < -0.4 is 15.5 Å². The number of pyridine rings is 1. The van der Waals surface area contributed by atoms with Crippen LogP contribution in [0.3, 0.4) is 0 Å². The maximum Gasteiger partial charge on any atom is 0.250 e. The zero-order valence-electron chi connectivity index (χ0n) is 22.2. The minimum absolute atomic E-state index is 0.000906. The van der Waals surface area contributed by atoms with Gasteiger partial charge in [-0.3, -0.25) is 9.78 Å². The van der Waals surface area contributed by atoms with Crippen LogP contribution in [-0.4, -0.2) is 34.3 Å². The predicted molar refractivity (Wildman–Crippen MR) is 163 cm³/mol. The number of methoxy groups -OCH3 is 1. The number of benzene rings is 3.